The van der Waals surface area contributed by atoms with E-state index in [4.69, 9.17) is 0 Å². The first-order valence-corrected chi connectivity index (χ1v) is 9.55. The number of anilines is 1. The van der Waals surface area contributed by atoms with E-state index in [9.17, 15) is 23.3 Å². The van der Waals surface area contributed by atoms with Gasteiger partial charge in [0.2, 0.25) is 0 Å². The van der Waals surface area contributed by atoms with Crippen molar-refractivity contribution < 1.29 is 18.1 Å². The van der Waals surface area contributed by atoms with Gasteiger partial charge in [0.05, 0.1) is 16.5 Å². The number of benzene rings is 2. The predicted octanol–water partition coefficient (Wildman–Crippen LogP) is 5.91. The third-order valence-corrected chi connectivity index (χ3v) is 6.85. The van der Waals surface area contributed by atoms with E-state index < -0.39 is 11.7 Å². The van der Waals surface area contributed by atoms with Crippen LogP contribution in [0, 0.1) is 27.9 Å². The van der Waals surface area contributed by atoms with E-state index in [1.807, 2.05) is 0 Å². The number of rotatable bonds is 2. The van der Waals surface area contributed by atoms with E-state index in [2.05, 4.69) is 5.32 Å². The Hall–Kier alpha value is -2.57. The van der Waals surface area contributed by atoms with Crippen LogP contribution in [0.5, 0.6) is 0 Å². The molecular formula is C21H19F3N2O2. The van der Waals surface area contributed by atoms with Gasteiger partial charge < -0.3 is 5.32 Å². The van der Waals surface area contributed by atoms with Gasteiger partial charge in [-0.25, -0.2) is 0 Å². The molecule has 5 rings (SSSR count). The summed E-state index contributed by atoms with van der Waals surface area (Å²) in [5, 5.41) is 14.7. The normalized spacial score (nSPS) is 30.5. The summed E-state index contributed by atoms with van der Waals surface area (Å²) >= 11 is 0. The van der Waals surface area contributed by atoms with Gasteiger partial charge in [0.15, 0.2) is 0 Å². The minimum Gasteiger partial charge on any atom is -0.378 e. The van der Waals surface area contributed by atoms with Crippen LogP contribution in [0.15, 0.2) is 42.5 Å². The van der Waals surface area contributed by atoms with E-state index in [0.29, 0.717) is 17.4 Å². The molecule has 2 saturated carbocycles. The molecule has 0 aromatic heterocycles. The summed E-state index contributed by atoms with van der Waals surface area (Å²) < 4.78 is 39.7. The maximum Gasteiger partial charge on any atom is 0.416 e. The Kier molecular flexibility index (Phi) is 3.73. The first kappa shape index (κ1) is 17.5. The molecule has 0 radical (unpaired) electrons. The highest BCUT2D eigenvalue weighted by atomic mass is 19.4. The molecule has 2 aromatic rings. The molecule has 28 heavy (non-hydrogen) atoms. The third-order valence-electron chi connectivity index (χ3n) is 6.85. The van der Waals surface area contributed by atoms with Gasteiger partial charge in [-0.1, -0.05) is 12.1 Å². The smallest absolute Gasteiger partial charge is 0.378 e. The molecule has 1 N–H and O–H groups in total. The Bertz CT molecular complexity index is 959. The monoisotopic (exact) mass is 388 g/mol. The lowest BCUT2D eigenvalue weighted by atomic mass is 9.68. The highest BCUT2D eigenvalue weighted by Gasteiger charge is 2.54. The number of nitrogens with one attached hydrogen (secondary N) is 1. The maximum absolute atomic E-state index is 13.2. The van der Waals surface area contributed by atoms with Crippen molar-refractivity contribution in [2.75, 3.05) is 5.32 Å². The lowest BCUT2D eigenvalue weighted by Gasteiger charge is -2.43. The van der Waals surface area contributed by atoms with E-state index >= 15 is 0 Å². The van der Waals surface area contributed by atoms with Crippen molar-refractivity contribution in [2.45, 2.75) is 37.4 Å². The molecule has 7 heteroatoms. The van der Waals surface area contributed by atoms with Crippen molar-refractivity contribution in [3.05, 3.63) is 69.3 Å². The average molecular weight is 388 g/mol. The van der Waals surface area contributed by atoms with Crippen LogP contribution in [0.1, 0.15) is 47.9 Å². The van der Waals surface area contributed by atoms with Gasteiger partial charge in [-0.3, -0.25) is 10.1 Å². The van der Waals surface area contributed by atoms with Crippen molar-refractivity contribution in [1.82, 2.24) is 0 Å². The molecule has 2 aromatic carbocycles. The summed E-state index contributed by atoms with van der Waals surface area (Å²) in [5.41, 5.74) is 1.83. The zero-order valence-corrected chi connectivity index (χ0v) is 14.9. The third kappa shape index (κ3) is 2.59. The number of non-ortho nitro benzene ring substituents is 1. The summed E-state index contributed by atoms with van der Waals surface area (Å²) in [6.45, 7) is 0. The maximum atomic E-state index is 13.2. The molecular weight excluding hydrogens is 369 g/mol. The Morgan fingerprint density at radius 1 is 1.07 bits per heavy atom. The number of alkyl halides is 3. The van der Waals surface area contributed by atoms with Crippen molar-refractivity contribution in [1.29, 1.82) is 0 Å². The summed E-state index contributed by atoms with van der Waals surface area (Å²) in [7, 11) is 0. The van der Waals surface area contributed by atoms with Gasteiger partial charge in [-0.15, -0.1) is 0 Å². The molecule has 1 aliphatic heterocycles. The van der Waals surface area contributed by atoms with Gasteiger partial charge in [0.25, 0.3) is 5.69 Å². The zero-order chi connectivity index (χ0) is 19.6. The van der Waals surface area contributed by atoms with Crippen LogP contribution in [-0.4, -0.2) is 4.92 Å². The molecule has 3 aliphatic rings. The highest BCUT2D eigenvalue weighted by Crippen LogP contribution is 2.64. The van der Waals surface area contributed by atoms with E-state index in [0.717, 1.165) is 36.6 Å². The number of hydrogen-bond donors (Lipinski definition) is 1. The van der Waals surface area contributed by atoms with Crippen LogP contribution in [0.4, 0.5) is 24.5 Å². The Balaban J connectivity index is 1.61. The van der Waals surface area contributed by atoms with Crippen LogP contribution in [0.2, 0.25) is 0 Å². The fourth-order valence-corrected chi connectivity index (χ4v) is 5.83. The van der Waals surface area contributed by atoms with Crippen LogP contribution in [-0.2, 0) is 6.18 Å². The number of fused-ring (bicyclic) bond motifs is 7. The standard InChI is InChI=1S/C21H19F3N2O2/c22-21(23,24)14-3-1-2-13(9-14)20-19-12-5-4-11(8-12)18(19)16-10-15(26(27)28)6-7-17(16)25-20/h1-3,6-7,9-12,18-20,25H,4-5,8H2/t11-,12-,18-,19-,20+/m0/s1. The first-order valence-electron chi connectivity index (χ1n) is 9.55. The molecule has 0 saturated heterocycles. The van der Waals surface area contributed by atoms with E-state index in [-0.39, 0.29) is 28.5 Å². The predicted molar refractivity (Wildman–Crippen MR) is 98.0 cm³/mol. The second-order valence-corrected chi connectivity index (χ2v) is 8.21. The molecule has 1 heterocycles. The molecule has 0 amide bonds. The SMILES string of the molecule is O=[N+]([O-])c1ccc2c(c1)[C@@H]1[C@H]3CC[C@@H](C3)[C@@H]1[C@@H](c1cccc(C(F)(F)F)c1)N2. The van der Waals surface area contributed by atoms with Crippen molar-refractivity contribution >= 4 is 11.4 Å². The van der Waals surface area contributed by atoms with Gasteiger partial charge >= 0.3 is 6.18 Å². The molecule has 146 valence electrons. The van der Waals surface area contributed by atoms with Gasteiger partial charge in [-0.2, -0.15) is 13.2 Å². The second-order valence-electron chi connectivity index (χ2n) is 8.21. The van der Waals surface area contributed by atoms with Gasteiger partial charge in [0, 0.05) is 17.8 Å². The molecule has 2 aliphatic carbocycles. The van der Waals surface area contributed by atoms with Crippen molar-refractivity contribution in [3.63, 3.8) is 0 Å². The van der Waals surface area contributed by atoms with Crippen LogP contribution in [0.25, 0.3) is 0 Å². The molecule has 5 atom stereocenters. The average Bonchev–Trinajstić information content (AvgIpc) is 3.29. The first-order chi connectivity index (χ1) is 13.3. The number of nitrogens with zero attached hydrogens (tertiary/aromatic N) is 1. The number of nitro groups is 1. The summed E-state index contributed by atoms with van der Waals surface area (Å²) in [5.74, 6) is 1.21. The van der Waals surface area contributed by atoms with Gasteiger partial charge in [0.1, 0.15) is 0 Å². The molecule has 0 spiro atoms. The van der Waals surface area contributed by atoms with Crippen LogP contribution >= 0.6 is 0 Å². The molecule has 2 bridgehead atoms. The lowest BCUT2D eigenvalue weighted by molar-refractivity contribution is -0.384. The largest absolute Gasteiger partial charge is 0.416 e. The summed E-state index contributed by atoms with van der Waals surface area (Å²) in [6.07, 6.45) is -1.16. The van der Waals surface area contributed by atoms with Crippen LogP contribution in [0.3, 0.4) is 0 Å². The Morgan fingerprint density at radius 3 is 2.61 bits per heavy atom. The fourth-order valence-electron chi connectivity index (χ4n) is 5.83. The molecule has 4 nitrogen and oxygen atoms in total. The van der Waals surface area contributed by atoms with Crippen molar-refractivity contribution in [3.8, 4) is 0 Å². The Labute approximate surface area is 159 Å². The number of halogens is 3. The highest BCUT2D eigenvalue weighted by molar-refractivity contribution is 5.62. The quantitative estimate of drug-likeness (QED) is 0.514. The van der Waals surface area contributed by atoms with E-state index in [1.54, 1.807) is 18.2 Å². The summed E-state index contributed by atoms with van der Waals surface area (Å²) in [4.78, 5) is 10.8. The van der Waals surface area contributed by atoms with Gasteiger partial charge in [-0.05, 0) is 72.3 Å². The lowest BCUT2D eigenvalue weighted by Crippen LogP contribution is -2.35. The molecule has 2 fully saturated rings. The Morgan fingerprint density at radius 2 is 1.86 bits per heavy atom. The molecule has 0 unspecified atom stereocenters. The van der Waals surface area contributed by atoms with Crippen molar-refractivity contribution in [2.24, 2.45) is 17.8 Å². The topological polar surface area (TPSA) is 55.2 Å². The van der Waals surface area contributed by atoms with E-state index in [1.165, 1.54) is 18.2 Å². The summed E-state index contributed by atoms with van der Waals surface area (Å²) in [6, 6.07) is 10.2. The number of nitro benzene ring substituents is 1. The minimum atomic E-state index is -4.38. The second kappa shape index (κ2) is 5.96. The van der Waals surface area contributed by atoms with Crippen LogP contribution < -0.4 is 5.32 Å². The number of hydrogen-bond acceptors (Lipinski definition) is 3. The minimum absolute atomic E-state index is 0.0691. The fraction of sp³-hybridized carbons (Fsp3) is 0.429. The zero-order valence-electron chi connectivity index (χ0n) is 14.9.